The molecule has 1 atom stereocenters. The van der Waals surface area contributed by atoms with E-state index in [9.17, 15) is 4.79 Å². The molecule has 1 heterocycles. The van der Waals surface area contributed by atoms with Crippen LogP contribution in [0.1, 0.15) is 27.2 Å². The zero-order valence-corrected chi connectivity index (χ0v) is 13.4. The first-order valence-electron chi connectivity index (χ1n) is 7.24. The van der Waals surface area contributed by atoms with Gasteiger partial charge in [0.15, 0.2) is 0 Å². The van der Waals surface area contributed by atoms with Crippen molar-refractivity contribution in [2.75, 3.05) is 26.2 Å². The summed E-state index contributed by atoms with van der Waals surface area (Å²) in [5, 5.41) is 7.65. The van der Waals surface area contributed by atoms with Gasteiger partial charge in [0, 0.05) is 12.7 Å². The first kappa shape index (κ1) is 17.0. The maximum absolute atomic E-state index is 11.9. The molecule has 1 N–H and O–H groups in total. The lowest BCUT2D eigenvalue weighted by Crippen LogP contribution is -2.34. The molecule has 0 aliphatic heterocycles. The summed E-state index contributed by atoms with van der Waals surface area (Å²) in [6, 6.07) is 0. The summed E-state index contributed by atoms with van der Waals surface area (Å²) in [4.78, 5) is 14.3. The van der Waals surface area contributed by atoms with Gasteiger partial charge in [0.05, 0.1) is 23.7 Å². The van der Waals surface area contributed by atoms with Crippen molar-refractivity contribution < 1.29 is 4.79 Å². The minimum Gasteiger partial charge on any atom is -0.356 e. The minimum atomic E-state index is -0.112. The van der Waals surface area contributed by atoms with Gasteiger partial charge >= 0.3 is 0 Å². The SMILES string of the molecule is CCN(CC)CCCNC(=O)[C@@H](C)Cn1cc(Cl)cn1. The number of amides is 1. The van der Waals surface area contributed by atoms with Crippen LogP contribution in [0.15, 0.2) is 12.4 Å². The van der Waals surface area contributed by atoms with Gasteiger partial charge < -0.3 is 10.2 Å². The molecular weight excluding hydrogens is 276 g/mol. The molecule has 6 heteroatoms. The Hall–Kier alpha value is -1.07. The number of hydrogen-bond acceptors (Lipinski definition) is 3. The number of nitrogens with zero attached hydrogens (tertiary/aromatic N) is 3. The summed E-state index contributed by atoms with van der Waals surface area (Å²) < 4.78 is 1.70. The largest absolute Gasteiger partial charge is 0.356 e. The summed E-state index contributed by atoms with van der Waals surface area (Å²) in [6.07, 6.45) is 4.29. The van der Waals surface area contributed by atoms with E-state index in [2.05, 4.69) is 29.2 Å². The highest BCUT2D eigenvalue weighted by molar-refractivity contribution is 6.30. The van der Waals surface area contributed by atoms with Gasteiger partial charge in [-0.05, 0) is 26.1 Å². The highest BCUT2D eigenvalue weighted by Gasteiger charge is 2.13. The minimum absolute atomic E-state index is 0.0659. The topological polar surface area (TPSA) is 50.2 Å². The van der Waals surface area contributed by atoms with E-state index < -0.39 is 0 Å². The number of rotatable bonds is 9. The van der Waals surface area contributed by atoms with Crippen molar-refractivity contribution in [1.82, 2.24) is 20.0 Å². The Morgan fingerprint density at radius 2 is 2.20 bits per heavy atom. The number of aromatic nitrogens is 2. The Balaban J connectivity index is 2.21. The van der Waals surface area contributed by atoms with E-state index in [1.54, 1.807) is 17.1 Å². The molecule has 1 aromatic rings. The Labute approximate surface area is 126 Å². The monoisotopic (exact) mass is 300 g/mol. The molecule has 1 rings (SSSR count). The molecule has 0 saturated heterocycles. The maximum atomic E-state index is 11.9. The molecule has 1 amide bonds. The van der Waals surface area contributed by atoms with Crippen LogP contribution in [0.5, 0.6) is 0 Å². The molecular formula is C14H25ClN4O. The van der Waals surface area contributed by atoms with Crippen molar-refractivity contribution in [1.29, 1.82) is 0 Å². The number of halogens is 1. The fourth-order valence-corrected chi connectivity index (χ4v) is 2.19. The number of hydrogen-bond donors (Lipinski definition) is 1. The van der Waals surface area contributed by atoms with E-state index in [0.29, 0.717) is 11.6 Å². The van der Waals surface area contributed by atoms with Crippen molar-refractivity contribution >= 4 is 17.5 Å². The molecule has 0 saturated carbocycles. The van der Waals surface area contributed by atoms with E-state index in [-0.39, 0.29) is 11.8 Å². The number of nitrogens with one attached hydrogen (secondary N) is 1. The lowest BCUT2D eigenvalue weighted by Gasteiger charge is -2.18. The van der Waals surface area contributed by atoms with Crippen LogP contribution in [0, 0.1) is 5.92 Å². The molecule has 0 spiro atoms. The molecule has 20 heavy (non-hydrogen) atoms. The van der Waals surface area contributed by atoms with Crippen molar-refractivity contribution in [2.24, 2.45) is 5.92 Å². The van der Waals surface area contributed by atoms with E-state index in [1.165, 1.54) is 0 Å². The molecule has 1 aromatic heterocycles. The second kappa shape index (κ2) is 8.97. The Morgan fingerprint density at radius 1 is 1.50 bits per heavy atom. The molecule has 0 aromatic carbocycles. The third-order valence-electron chi connectivity index (χ3n) is 3.36. The highest BCUT2D eigenvalue weighted by atomic mass is 35.5. The summed E-state index contributed by atoms with van der Waals surface area (Å²) in [5.41, 5.74) is 0. The van der Waals surface area contributed by atoms with Crippen molar-refractivity contribution in [3.8, 4) is 0 Å². The Bertz CT molecular complexity index is 404. The molecule has 0 aliphatic rings. The van der Waals surface area contributed by atoms with Crippen LogP contribution in [0.4, 0.5) is 0 Å². The third-order valence-corrected chi connectivity index (χ3v) is 3.55. The molecule has 5 nitrogen and oxygen atoms in total. The van der Waals surface area contributed by atoms with Gasteiger partial charge in [-0.25, -0.2) is 0 Å². The van der Waals surface area contributed by atoms with Crippen LogP contribution in [0.25, 0.3) is 0 Å². The molecule has 0 fully saturated rings. The second-order valence-corrected chi connectivity index (χ2v) is 5.39. The summed E-state index contributed by atoms with van der Waals surface area (Å²) >= 11 is 5.79. The first-order chi connectivity index (χ1) is 9.56. The van der Waals surface area contributed by atoms with Crippen LogP contribution < -0.4 is 5.32 Å². The van der Waals surface area contributed by atoms with Crippen molar-refractivity contribution in [3.63, 3.8) is 0 Å². The standard InChI is InChI=1S/C14H25ClN4O/c1-4-18(5-2)8-6-7-16-14(20)12(3)10-19-11-13(15)9-17-19/h9,11-12H,4-8,10H2,1-3H3,(H,16,20)/t12-/m0/s1. The quantitative estimate of drug-likeness (QED) is 0.710. The lowest BCUT2D eigenvalue weighted by atomic mass is 10.1. The average molecular weight is 301 g/mol. The zero-order chi connectivity index (χ0) is 15.0. The molecule has 114 valence electrons. The number of carbonyl (C=O) groups is 1. The van der Waals surface area contributed by atoms with Crippen LogP contribution in [0.2, 0.25) is 5.02 Å². The number of carbonyl (C=O) groups excluding carboxylic acids is 1. The molecule has 0 radical (unpaired) electrons. The van der Waals surface area contributed by atoms with Gasteiger partial charge in [-0.15, -0.1) is 0 Å². The van der Waals surface area contributed by atoms with Crippen LogP contribution in [-0.2, 0) is 11.3 Å². The van der Waals surface area contributed by atoms with E-state index in [1.807, 2.05) is 6.92 Å². The van der Waals surface area contributed by atoms with Gasteiger partial charge in [0.25, 0.3) is 0 Å². The van der Waals surface area contributed by atoms with E-state index in [4.69, 9.17) is 11.6 Å². The van der Waals surface area contributed by atoms with Gasteiger partial charge in [0.1, 0.15) is 0 Å². The summed E-state index contributed by atoms with van der Waals surface area (Å²) in [7, 11) is 0. The third kappa shape index (κ3) is 5.92. The predicted molar refractivity (Wildman–Crippen MR) is 81.8 cm³/mol. The van der Waals surface area contributed by atoms with Crippen LogP contribution in [0.3, 0.4) is 0 Å². The zero-order valence-electron chi connectivity index (χ0n) is 12.6. The summed E-state index contributed by atoms with van der Waals surface area (Å²) in [5.74, 6) is -0.0458. The molecule has 0 unspecified atom stereocenters. The highest BCUT2D eigenvalue weighted by Crippen LogP contribution is 2.07. The smallest absolute Gasteiger partial charge is 0.224 e. The second-order valence-electron chi connectivity index (χ2n) is 4.95. The molecule has 0 bridgehead atoms. The van der Waals surface area contributed by atoms with Crippen molar-refractivity contribution in [2.45, 2.75) is 33.7 Å². The van der Waals surface area contributed by atoms with Gasteiger partial charge in [-0.3, -0.25) is 9.48 Å². The normalized spacial score (nSPS) is 12.7. The Kier molecular flexibility index (Phi) is 7.62. The maximum Gasteiger partial charge on any atom is 0.224 e. The summed E-state index contributed by atoms with van der Waals surface area (Å²) in [6.45, 7) is 10.6. The Morgan fingerprint density at radius 3 is 2.75 bits per heavy atom. The molecule has 0 aliphatic carbocycles. The lowest BCUT2D eigenvalue weighted by molar-refractivity contribution is -0.124. The van der Waals surface area contributed by atoms with Crippen LogP contribution >= 0.6 is 11.6 Å². The van der Waals surface area contributed by atoms with Gasteiger partial charge in [0.2, 0.25) is 5.91 Å². The fourth-order valence-electron chi connectivity index (χ4n) is 2.03. The van der Waals surface area contributed by atoms with Crippen LogP contribution in [-0.4, -0.2) is 46.8 Å². The average Bonchev–Trinajstić information content (AvgIpc) is 2.84. The van der Waals surface area contributed by atoms with Gasteiger partial charge in [-0.1, -0.05) is 32.4 Å². The fraction of sp³-hybridized carbons (Fsp3) is 0.714. The van der Waals surface area contributed by atoms with Crippen molar-refractivity contribution in [3.05, 3.63) is 17.4 Å². The van der Waals surface area contributed by atoms with Gasteiger partial charge in [-0.2, -0.15) is 5.10 Å². The first-order valence-corrected chi connectivity index (χ1v) is 7.62. The van der Waals surface area contributed by atoms with E-state index >= 15 is 0 Å². The predicted octanol–water partition coefficient (Wildman–Crippen LogP) is 2.02. The van der Waals surface area contributed by atoms with E-state index in [0.717, 1.165) is 32.6 Å².